The summed E-state index contributed by atoms with van der Waals surface area (Å²) in [6, 6.07) is 4.53. The Bertz CT molecular complexity index is 2140. The Labute approximate surface area is 278 Å². The monoisotopic (exact) mass is 675 g/mol. The largest absolute Gasteiger partial charge is 0.508 e. The molecule has 9 rings (SSSR count). The van der Waals surface area contributed by atoms with Crippen LogP contribution in [0.2, 0.25) is 0 Å². The highest BCUT2D eigenvalue weighted by molar-refractivity contribution is 6.04. The van der Waals surface area contributed by atoms with Gasteiger partial charge < -0.3 is 24.6 Å². The normalized spacial score (nSPS) is 29.8. The molecular formula is C36H33F4N5O4. The first kappa shape index (κ1) is 30.6. The Morgan fingerprint density at radius 1 is 1.08 bits per heavy atom. The number of terminal acetylenes is 1. The molecule has 13 heteroatoms. The van der Waals surface area contributed by atoms with E-state index in [4.69, 9.17) is 20.9 Å². The summed E-state index contributed by atoms with van der Waals surface area (Å²) in [6.45, 7) is 3.23. The van der Waals surface area contributed by atoms with Gasteiger partial charge in [0.25, 0.3) is 5.92 Å². The average Bonchev–Trinajstić information content (AvgIpc) is 3.26. The maximum Gasteiger partial charge on any atom is 0.319 e. The molecule has 254 valence electrons. The second kappa shape index (κ2) is 10.1. The summed E-state index contributed by atoms with van der Waals surface area (Å²) in [5.74, 6) is -1.93. The first-order valence-corrected chi connectivity index (χ1v) is 16.6. The van der Waals surface area contributed by atoms with Crippen molar-refractivity contribution in [2.24, 2.45) is 5.41 Å². The van der Waals surface area contributed by atoms with Gasteiger partial charge in [0.1, 0.15) is 47.2 Å². The van der Waals surface area contributed by atoms with Crippen molar-refractivity contribution in [3.63, 3.8) is 0 Å². The summed E-state index contributed by atoms with van der Waals surface area (Å²) in [5.41, 5.74) is -3.43. The molecule has 2 N–H and O–H groups in total. The van der Waals surface area contributed by atoms with Crippen LogP contribution >= 0.6 is 0 Å². The number of fused-ring (bicyclic) bond motifs is 4. The number of phenolic OH excluding ortho intramolecular Hbond substituents is 1. The smallest absolute Gasteiger partial charge is 0.319 e. The lowest BCUT2D eigenvalue weighted by Gasteiger charge is -2.44. The van der Waals surface area contributed by atoms with Crippen LogP contribution in [0.1, 0.15) is 51.0 Å². The topological polar surface area (TPSA) is 104 Å². The summed E-state index contributed by atoms with van der Waals surface area (Å²) in [5, 5.41) is 22.8. The number of nitrogens with zero attached hydrogens (tertiary/aromatic N) is 5. The summed E-state index contributed by atoms with van der Waals surface area (Å²) in [7, 11) is 0. The molecule has 0 amide bonds. The van der Waals surface area contributed by atoms with E-state index in [1.807, 2.05) is 4.90 Å². The lowest BCUT2D eigenvalue weighted by atomic mass is 9.86. The molecule has 0 unspecified atom stereocenters. The van der Waals surface area contributed by atoms with Crippen molar-refractivity contribution in [3.8, 4) is 41.2 Å². The number of hydrogen-bond donors (Lipinski definition) is 2. The van der Waals surface area contributed by atoms with E-state index in [1.165, 1.54) is 24.3 Å². The molecular weight excluding hydrogens is 642 g/mol. The Hall–Kier alpha value is -4.41. The van der Waals surface area contributed by atoms with Crippen molar-refractivity contribution in [2.45, 2.75) is 68.6 Å². The molecule has 3 saturated heterocycles. The second-order valence-corrected chi connectivity index (χ2v) is 14.6. The van der Waals surface area contributed by atoms with E-state index in [0.29, 0.717) is 50.7 Å². The number of piperidine rings is 1. The number of rotatable bonds is 4. The van der Waals surface area contributed by atoms with E-state index in [2.05, 4.69) is 20.8 Å². The number of anilines is 1. The number of pyridine rings is 1. The van der Waals surface area contributed by atoms with Crippen LogP contribution in [0, 0.1) is 29.4 Å². The van der Waals surface area contributed by atoms with E-state index in [9.17, 15) is 23.4 Å². The van der Waals surface area contributed by atoms with Gasteiger partial charge >= 0.3 is 6.01 Å². The van der Waals surface area contributed by atoms with E-state index in [1.54, 1.807) is 6.92 Å². The number of ether oxygens (including phenoxy) is 2. The molecule has 6 heterocycles. The van der Waals surface area contributed by atoms with Crippen LogP contribution in [-0.2, 0) is 0 Å². The van der Waals surface area contributed by atoms with Crippen LogP contribution < -0.4 is 14.4 Å². The molecule has 49 heavy (non-hydrogen) atoms. The van der Waals surface area contributed by atoms with E-state index < -0.39 is 40.2 Å². The standard InChI is InChI=1S/C36H33F4N5O4/c1-3-21-23(37)7-6-19-12-20(46)13-22(25(19)21)28-27(38)29-26-30(45-11-4-8-33(2,47)24(45)14-48-31(26)41-28)43-32(42-29)49-18-35-9-5-10-44(35)17-34(15-35)16-36(34,39)40/h1,6-7,12-13,24,46-47H,4-5,8-11,14-18H2,2H3/t24-,33-,34-,35+/m1/s1. The van der Waals surface area contributed by atoms with Crippen molar-refractivity contribution in [1.29, 1.82) is 0 Å². The summed E-state index contributed by atoms with van der Waals surface area (Å²) >= 11 is 0. The average molecular weight is 676 g/mol. The molecule has 5 aliphatic rings. The van der Waals surface area contributed by atoms with E-state index >= 15 is 4.39 Å². The van der Waals surface area contributed by atoms with Gasteiger partial charge in [0, 0.05) is 30.5 Å². The Kier molecular flexibility index (Phi) is 6.30. The number of hydrogen-bond acceptors (Lipinski definition) is 9. The SMILES string of the molecule is C#Cc1c(F)ccc2cc(O)cc(-c3nc4c5c(nc(OC[C@@]67CCCN6C[C@]6(CC6(F)F)C7)nc5c3F)N3CCC[C@@](C)(O)[C@H]3CO4)c12. The fraction of sp³-hybridized carbons (Fsp3) is 0.472. The number of aliphatic hydroxyl groups is 1. The van der Waals surface area contributed by atoms with Gasteiger partial charge in [-0.05, 0) is 69.2 Å². The Morgan fingerprint density at radius 2 is 1.88 bits per heavy atom. The van der Waals surface area contributed by atoms with E-state index in [0.717, 1.165) is 6.42 Å². The van der Waals surface area contributed by atoms with Crippen LogP contribution in [0.4, 0.5) is 23.4 Å². The molecule has 1 aliphatic carbocycles. The summed E-state index contributed by atoms with van der Waals surface area (Å²) in [4.78, 5) is 17.8. The zero-order valence-electron chi connectivity index (χ0n) is 26.7. The molecule has 1 saturated carbocycles. The first-order valence-electron chi connectivity index (χ1n) is 16.6. The zero-order valence-corrected chi connectivity index (χ0v) is 26.7. The van der Waals surface area contributed by atoms with Crippen LogP contribution in [0.3, 0.4) is 0 Å². The molecule has 9 nitrogen and oxygen atoms in total. The highest BCUT2D eigenvalue weighted by Crippen LogP contribution is 2.69. The predicted octanol–water partition coefficient (Wildman–Crippen LogP) is 5.56. The minimum atomic E-state index is -2.70. The minimum absolute atomic E-state index is 0.00783. The van der Waals surface area contributed by atoms with Gasteiger partial charge in [-0.1, -0.05) is 12.0 Å². The van der Waals surface area contributed by atoms with Crippen molar-refractivity contribution in [2.75, 3.05) is 37.7 Å². The quantitative estimate of drug-likeness (QED) is 0.213. The third kappa shape index (κ3) is 4.35. The van der Waals surface area contributed by atoms with Gasteiger partial charge in [0.2, 0.25) is 5.88 Å². The maximum atomic E-state index is 17.1. The first-order chi connectivity index (χ1) is 23.4. The molecule has 4 atom stereocenters. The minimum Gasteiger partial charge on any atom is -0.508 e. The molecule has 0 radical (unpaired) electrons. The van der Waals surface area contributed by atoms with Gasteiger partial charge in [-0.2, -0.15) is 9.97 Å². The third-order valence-electron chi connectivity index (χ3n) is 11.6. The number of alkyl halides is 2. The van der Waals surface area contributed by atoms with Crippen molar-refractivity contribution in [1.82, 2.24) is 19.9 Å². The number of aromatic hydroxyl groups is 1. The molecule has 2 aromatic carbocycles. The third-order valence-corrected chi connectivity index (χ3v) is 11.6. The number of phenols is 1. The maximum absolute atomic E-state index is 17.1. The van der Waals surface area contributed by atoms with Crippen molar-refractivity contribution < 1.29 is 37.2 Å². The predicted molar refractivity (Wildman–Crippen MR) is 172 cm³/mol. The van der Waals surface area contributed by atoms with Crippen molar-refractivity contribution >= 4 is 27.5 Å². The highest BCUT2D eigenvalue weighted by atomic mass is 19.3. The molecule has 4 fully saturated rings. The molecule has 0 bridgehead atoms. The summed E-state index contributed by atoms with van der Waals surface area (Å²) < 4.78 is 73.5. The fourth-order valence-corrected chi connectivity index (χ4v) is 9.01. The van der Waals surface area contributed by atoms with E-state index in [-0.39, 0.29) is 76.2 Å². The molecule has 2 aromatic heterocycles. The number of halogens is 4. The van der Waals surface area contributed by atoms with Crippen LogP contribution in [0.15, 0.2) is 24.3 Å². The lowest BCUT2D eigenvalue weighted by Crippen LogP contribution is -2.58. The highest BCUT2D eigenvalue weighted by Gasteiger charge is 2.77. The molecule has 1 spiro atoms. The van der Waals surface area contributed by atoms with Gasteiger partial charge in [0.05, 0.1) is 28.2 Å². The van der Waals surface area contributed by atoms with Gasteiger partial charge in [-0.25, -0.2) is 22.5 Å². The van der Waals surface area contributed by atoms with Gasteiger partial charge in [-0.15, -0.1) is 6.42 Å². The van der Waals surface area contributed by atoms with Gasteiger partial charge in [0.15, 0.2) is 5.82 Å². The second-order valence-electron chi connectivity index (χ2n) is 14.6. The number of aromatic nitrogens is 3. The van der Waals surface area contributed by atoms with Crippen molar-refractivity contribution in [3.05, 3.63) is 41.5 Å². The molecule has 4 aliphatic heterocycles. The molecule has 4 aromatic rings. The number of benzene rings is 2. The zero-order chi connectivity index (χ0) is 34.1. The Morgan fingerprint density at radius 3 is 2.65 bits per heavy atom. The van der Waals surface area contributed by atoms with Crippen LogP contribution in [0.25, 0.3) is 32.9 Å². The lowest BCUT2D eigenvalue weighted by molar-refractivity contribution is -0.00713. The van der Waals surface area contributed by atoms with Crippen LogP contribution in [-0.4, -0.2) is 86.0 Å². The van der Waals surface area contributed by atoms with Crippen LogP contribution in [0.5, 0.6) is 17.6 Å². The summed E-state index contributed by atoms with van der Waals surface area (Å²) in [6.07, 6.45) is 8.52. The van der Waals surface area contributed by atoms with Gasteiger partial charge in [-0.3, -0.25) is 4.90 Å². The fourth-order valence-electron chi connectivity index (χ4n) is 9.01. The Balaban J connectivity index is 1.22.